The van der Waals surface area contributed by atoms with Crippen molar-refractivity contribution in [2.45, 2.75) is 13.8 Å². The Hall–Kier alpha value is -4.55. The minimum Gasteiger partial charge on any atom is -0.395 e. The number of nitrogens with zero attached hydrogens (tertiary/aromatic N) is 4. The monoisotopic (exact) mass is 547 g/mol. The third-order valence-electron chi connectivity index (χ3n) is 6.74. The lowest BCUT2D eigenvalue weighted by molar-refractivity contribution is 0.0943. The van der Waals surface area contributed by atoms with Crippen molar-refractivity contribution < 1.29 is 23.8 Å². The summed E-state index contributed by atoms with van der Waals surface area (Å²) in [5.74, 6) is -0.770. The van der Waals surface area contributed by atoms with Gasteiger partial charge in [0, 0.05) is 48.5 Å². The van der Waals surface area contributed by atoms with Crippen molar-refractivity contribution >= 4 is 40.2 Å². The number of aromatic nitrogens is 3. The molecule has 1 fully saturated rings. The number of morpholine rings is 1. The van der Waals surface area contributed by atoms with E-state index in [1.807, 2.05) is 17.9 Å². The maximum Gasteiger partial charge on any atom is 0.255 e. The maximum atomic E-state index is 14.4. The molecular formula is C28H30FN7O4. The van der Waals surface area contributed by atoms with Crippen molar-refractivity contribution in [2.24, 2.45) is 0 Å². The summed E-state index contributed by atoms with van der Waals surface area (Å²) in [5, 5.41) is 22.1. The Morgan fingerprint density at radius 1 is 1.10 bits per heavy atom. The molecule has 4 N–H and O–H groups in total. The van der Waals surface area contributed by atoms with Gasteiger partial charge >= 0.3 is 0 Å². The summed E-state index contributed by atoms with van der Waals surface area (Å²) >= 11 is 0. The summed E-state index contributed by atoms with van der Waals surface area (Å²) in [6.45, 7) is 6.05. The fourth-order valence-electron chi connectivity index (χ4n) is 4.62. The molecule has 208 valence electrons. The minimum atomic E-state index is -0.486. The summed E-state index contributed by atoms with van der Waals surface area (Å²) < 4.78 is 21.4. The second kappa shape index (κ2) is 11.7. The van der Waals surface area contributed by atoms with E-state index in [0.29, 0.717) is 65.8 Å². The van der Waals surface area contributed by atoms with Crippen LogP contribution in [-0.2, 0) is 4.74 Å². The molecule has 0 saturated carbocycles. The van der Waals surface area contributed by atoms with E-state index in [4.69, 9.17) is 9.84 Å². The van der Waals surface area contributed by atoms with Crippen LogP contribution in [0.2, 0.25) is 0 Å². The zero-order valence-electron chi connectivity index (χ0n) is 22.2. The minimum absolute atomic E-state index is 0.142. The van der Waals surface area contributed by atoms with Gasteiger partial charge in [-0.15, -0.1) is 0 Å². The average Bonchev–Trinajstić information content (AvgIpc) is 3.30. The molecule has 11 nitrogen and oxygen atoms in total. The number of rotatable bonds is 8. The van der Waals surface area contributed by atoms with Gasteiger partial charge < -0.3 is 30.7 Å². The van der Waals surface area contributed by atoms with E-state index in [-0.39, 0.29) is 24.6 Å². The van der Waals surface area contributed by atoms with Crippen molar-refractivity contribution in [3.63, 3.8) is 0 Å². The van der Waals surface area contributed by atoms with Gasteiger partial charge in [-0.1, -0.05) is 6.07 Å². The Morgan fingerprint density at radius 3 is 2.67 bits per heavy atom. The third kappa shape index (κ3) is 5.72. The molecule has 2 amide bonds. The Bertz CT molecular complexity index is 1570. The molecule has 40 heavy (non-hydrogen) atoms. The number of hydrogen-bond acceptors (Lipinski definition) is 8. The Labute approximate surface area is 230 Å². The number of anilines is 4. The van der Waals surface area contributed by atoms with E-state index >= 15 is 0 Å². The number of aliphatic hydroxyl groups is 1. The normalized spacial score (nSPS) is 13.3. The van der Waals surface area contributed by atoms with Crippen LogP contribution in [0.3, 0.4) is 0 Å². The van der Waals surface area contributed by atoms with Crippen LogP contribution in [0, 0.1) is 19.7 Å². The Kier molecular flexibility index (Phi) is 7.89. The third-order valence-corrected chi connectivity index (χ3v) is 6.74. The van der Waals surface area contributed by atoms with Crippen molar-refractivity contribution in [1.29, 1.82) is 0 Å². The predicted octanol–water partition coefficient (Wildman–Crippen LogP) is 3.04. The van der Waals surface area contributed by atoms with Gasteiger partial charge in [0.2, 0.25) is 0 Å². The quantitative estimate of drug-likeness (QED) is 0.265. The topological polar surface area (TPSA) is 133 Å². The molecule has 0 radical (unpaired) electrons. The van der Waals surface area contributed by atoms with E-state index < -0.39 is 11.7 Å². The van der Waals surface area contributed by atoms with Crippen molar-refractivity contribution in [2.75, 3.05) is 55.0 Å². The van der Waals surface area contributed by atoms with Gasteiger partial charge in [0.05, 0.1) is 25.4 Å². The zero-order valence-corrected chi connectivity index (χ0v) is 22.2. The lowest BCUT2D eigenvalue weighted by Crippen LogP contribution is -2.36. The molecule has 0 atom stereocenters. The maximum absolute atomic E-state index is 14.4. The number of halogens is 1. The number of nitrogens with one attached hydrogen (secondary N) is 3. The number of aryl methyl sites for hydroxylation is 2. The number of benzene rings is 2. The molecule has 1 saturated heterocycles. The van der Waals surface area contributed by atoms with Gasteiger partial charge in [0.25, 0.3) is 11.8 Å². The van der Waals surface area contributed by atoms with Crippen LogP contribution in [0.5, 0.6) is 0 Å². The molecule has 5 rings (SSSR count). The zero-order chi connectivity index (χ0) is 28.2. The number of carbonyl (C=O) groups is 2. The first-order valence-corrected chi connectivity index (χ1v) is 12.9. The summed E-state index contributed by atoms with van der Waals surface area (Å²) in [6, 6.07) is 9.69. The number of hydrogen-bond donors (Lipinski definition) is 4. The number of carbonyl (C=O) groups excluding carboxylic acids is 2. The van der Waals surface area contributed by atoms with Gasteiger partial charge in [-0.3, -0.25) is 9.59 Å². The molecule has 0 bridgehead atoms. The molecule has 3 heterocycles. The average molecular weight is 548 g/mol. The second-order valence-electron chi connectivity index (χ2n) is 9.46. The fraction of sp³-hybridized carbons (Fsp3) is 0.286. The highest BCUT2D eigenvalue weighted by molar-refractivity contribution is 6.05. The second-order valence-corrected chi connectivity index (χ2v) is 9.46. The lowest BCUT2D eigenvalue weighted by atomic mass is 10.1. The highest BCUT2D eigenvalue weighted by Crippen LogP contribution is 2.29. The van der Waals surface area contributed by atoms with E-state index in [0.717, 1.165) is 5.56 Å². The smallest absolute Gasteiger partial charge is 0.255 e. The van der Waals surface area contributed by atoms with E-state index in [9.17, 15) is 14.0 Å². The van der Waals surface area contributed by atoms with Crippen LogP contribution in [0.15, 0.2) is 48.9 Å². The molecule has 12 heteroatoms. The van der Waals surface area contributed by atoms with Gasteiger partial charge in [0.1, 0.15) is 17.7 Å². The SMILES string of the molecule is Cc1ccc(NC(=O)c2cc(F)cc(N3CCOCC3)c2)cc1Nc1ncnn2cc(C(=O)NCCO)c(C)c12. The van der Waals surface area contributed by atoms with E-state index in [1.165, 1.54) is 18.5 Å². The first-order chi connectivity index (χ1) is 19.3. The molecular weight excluding hydrogens is 517 g/mol. The molecule has 2 aromatic heterocycles. The summed E-state index contributed by atoms with van der Waals surface area (Å²) in [7, 11) is 0. The van der Waals surface area contributed by atoms with Crippen LogP contribution < -0.4 is 20.9 Å². The van der Waals surface area contributed by atoms with Crippen LogP contribution >= 0.6 is 0 Å². The van der Waals surface area contributed by atoms with Crippen LogP contribution in [-0.4, -0.2) is 71.0 Å². The first-order valence-electron chi connectivity index (χ1n) is 12.9. The van der Waals surface area contributed by atoms with Crippen LogP contribution in [0.1, 0.15) is 31.8 Å². The van der Waals surface area contributed by atoms with Crippen LogP contribution in [0.4, 0.5) is 27.3 Å². The molecule has 0 unspecified atom stereocenters. The predicted molar refractivity (Wildman–Crippen MR) is 149 cm³/mol. The van der Waals surface area contributed by atoms with Crippen molar-refractivity contribution in [3.05, 3.63) is 77.0 Å². The Morgan fingerprint density at radius 2 is 1.90 bits per heavy atom. The number of aliphatic hydroxyl groups excluding tert-OH is 1. The standard InChI is InChI=1S/C28H30FN7O4/c1-17-3-4-21(33-27(38)19-11-20(29)13-22(12-19)35-6-9-40-10-7-35)14-24(17)34-26-25-18(2)23(28(39)30-5-8-37)15-36(25)32-16-31-26/h3-4,11-16,37H,5-10H2,1-2H3,(H,30,39)(H,33,38)(H,31,32,34). The molecule has 1 aliphatic heterocycles. The molecule has 4 aromatic rings. The van der Waals surface area contributed by atoms with Gasteiger partial charge in [0.15, 0.2) is 5.82 Å². The van der Waals surface area contributed by atoms with Gasteiger partial charge in [-0.25, -0.2) is 13.9 Å². The Balaban J connectivity index is 1.38. The summed E-state index contributed by atoms with van der Waals surface area (Å²) in [5.41, 5.74) is 4.63. The molecule has 1 aliphatic rings. The first kappa shape index (κ1) is 27.0. The van der Waals surface area contributed by atoms with Crippen molar-refractivity contribution in [3.8, 4) is 0 Å². The van der Waals surface area contributed by atoms with E-state index in [2.05, 4.69) is 26.0 Å². The molecule has 0 aliphatic carbocycles. The molecule has 0 spiro atoms. The summed E-state index contributed by atoms with van der Waals surface area (Å²) in [4.78, 5) is 32.0. The van der Waals surface area contributed by atoms with E-state index in [1.54, 1.807) is 35.8 Å². The summed E-state index contributed by atoms with van der Waals surface area (Å²) in [6.07, 6.45) is 2.99. The van der Waals surface area contributed by atoms with Crippen LogP contribution in [0.25, 0.3) is 5.52 Å². The van der Waals surface area contributed by atoms with Gasteiger partial charge in [-0.2, -0.15) is 5.10 Å². The fourth-order valence-corrected chi connectivity index (χ4v) is 4.62. The molecule has 2 aromatic carbocycles. The largest absolute Gasteiger partial charge is 0.395 e. The highest BCUT2D eigenvalue weighted by Gasteiger charge is 2.19. The number of amides is 2. The van der Waals surface area contributed by atoms with Crippen molar-refractivity contribution in [1.82, 2.24) is 19.9 Å². The van der Waals surface area contributed by atoms with Gasteiger partial charge in [-0.05, 0) is 55.3 Å². The number of fused-ring (bicyclic) bond motifs is 1. The lowest BCUT2D eigenvalue weighted by Gasteiger charge is -2.29. The number of ether oxygens (including phenoxy) is 1. The highest BCUT2D eigenvalue weighted by atomic mass is 19.1.